The van der Waals surface area contributed by atoms with E-state index in [-0.39, 0.29) is 6.10 Å². The minimum absolute atomic E-state index is 0.101. The third kappa shape index (κ3) is 6.84. The molecule has 2 rings (SSSR count). The third-order valence-corrected chi connectivity index (χ3v) is 4.73. The number of likely N-dealkylation sites (tertiary alicyclic amines) is 1. The zero-order valence-electron chi connectivity index (χ0n) is 16.4. The Morgan fingerprint density at radius 3 is 2.62 bits per heavy atom. The van der Waals surface area contributed by atoms with E-state index >= 15 is 0 Å². The first-order chi connectivity index (χ1) is 12.6. The van der Waals surface area contributed by atoms with E-state index in [9.17, 15) is 5.11 Å². The van der Waals surface area contributed by atoms with E-state index in [1.807, 2.05) is 12.1 Å². The fraction of sp³-hybridized carbons (Fsp3) is 0.650. The number of methoxy groups -OCH3 is 1. The number of rotatable bonds is 8. The van der Waals surface area contributed by atoms with Gasteiger partial charge >= 0.3 is 0 Å². The second-order valence-corrected chi connectivity index (χ2v) is 6.87. The SMILES string of the molecule is CCNC(=NCCCN1CCC(O)CC1)N(C)Cc1ccc(OC)cc1. The molecule has 0 amide bonds. The van der Waals surface area contributed by atoms with Crippen molar-refractivity contribution in [3.05, 3.63) is 29.8 Å². The summed E-state index contributed by atoms with van der Waals surface area (Å²) >= 11 is 0. The Hall–Kier alpha value is -1.79. The van der Waals surface area contributed by atoms with Gasteiger partial charge in [0.2, 0.25) is 0 Å². The fourth-order valence-electron chi connectivity index (χ4n) is 3.17. The smallest absolute Gasteiger partial charge is 0.193 e. The van der Waals surface area contributed by atoms with Gasteiger partial charge in [0.15, 0.2) is 5.96 Å². The Bertz CT molecular complexity index is 539. The number of guanidine groups is 1. The second kappa shape index (κ2) is 11.0. The summed E-state index contributed by atoms with van der Waals surface area (Å²) in [4.78, 5) is 9.36. The first-order valence-corrected chi connectivity index (χ1v) is 9.65. The second-order valence-electron chi connectivity index (χ2n) is 6.87. The zero-order chi connectivity index (χ0) is 18.8. The highest BCUT2D eigenvalue weighted by Crippen LogP contribution is 2.13. The van der Waals surface area contributed by atoms with Crippen LogP contribution in [0.15, 0.2) is 29.3 Å². The quantitative estimate of drug-likeness (QED) is 0.420. The van der Waals surface area contributed by atoms with Crippen LogP contribution in [-0.2, 0) is 6.54 Å². The van der Waals surface area contributed by atoms with Gasteiger partial charge in [-0.25, -0.2) is 0 Å². The molecule has 0 aliphatic carbocycles. The van der Waals surface area contributed by atoms with Crippen molar-refractivity contribution in [2.75, 3.05) is 46.9 Å². The molecule has 1 heterocycles. The molecular weight excluding hydrogens is 328 g/mol. The molecule has 1 aliphatic rings. The first-order valence-electron chi connectivity index (χ1n) is 9.65. The molecule has 6 nitrogen and oxygen atoms in total. The predicted octanol–water partition coefficient (Wildman–Crippen LogP) is 1.94. The lowest BCUT2D eigenvalue weighted by atomic mass is 10.1. The first kappa shape index (κ1) is 20.5. The maximum Gasteiger partial charge on any atom is 0.193 e. The number of aliphatic hydroxyl groups is 1. The van der Waals surface area contributed by atoms with Gasteiger partial charge in [-0.15, -0.1) is 0 Å². The number of hydrogen-bond donors (Lipinski definition) is 2. The molecule has 1 aliphatic heterocycles. The Labute approximate surface area is 157 Å². The number of aliphatic imine (C=N–C) groups is 1. The van der Waals surface area contributed by atoms with Crippen molar-refractivity contribution in [1.29, 1.82) is 0 Å². The van der Waals surface area contributed by atoms with Crippen molar-refractivity contribution in [1.82, 2.24) is 15.1 Å². The van der Waals surface area contributed by atoms with Crippen molar-refractivity contribution in [2.24, 2.45) is 4.99 Å². The molecule has 146 valence electrons. The van der Waals surface area contributed by atoms with Crippen LogP contribution in [0.4, 0.5) is 0 Å². The molecule has 0 radical (unpaired) electrons. The van der Waals surface area contributed by atoms with Crippen LogP contribution in [0.5, 0.6) is 5.75 Å². The van der Waals surface area contributed by atoms with Gasteiger partial charge in [-0.1, -0.05) is 12.1 Å². The highest BCUT2D eigenvalue weighted by Gasteiger charge is 2.16. The number of nitrogens with one attached hydrogen (secondary N) is 1. The molecule has 0 bridgehead atoms. The van der Waals surface area contributed by atoms with Crippen molar-refractivity contribution in [2.45, 2.75) is 38.8 Å². The van der Waals surface area contributed by atoms with Gasteiger partial charge in [0, 0.05) is 39.8 Å². The molecule has 1 saturated heterocycles. The molecule has 0 unspecified atom stereocenters. The van der Waals surface area contributed by atoms with Crippen LogP contribution in [0, 0.1) is 0 Å². The zero-order valence-corrected chi connectivity index (χ0v) is 16.4. The molecule has 1 fully saturated rings. The number of ether oxygens (including phenoxy) is 1. The van der Waals surface area contributed by atoms with Gasteiger partial charge in [-0.05, 0) is 50.4 Å². The Morgan fingerprint density at radius 1 is 1.31 bits per heavy atom. The molecule has 0 aromatic heterocycles. The van der Waals surface area contributed by atoms with Gasteiger partial charge in [0.05, 0.1) is 13.2 Å². The third-order valence-electron chi connectivity index (χ3n) is 4.73. The standard InChI is InChI=1S/C20H34N4O2/c1-4-21-20(22-12-5-13-24-14-10-18(25)11-15-24)23(2)16-17-6-8-19(26-3)9-7-17/h6-9,18,25H,4-5,10-16H2,1-3H3,(H,21,22). The van der Waals surface area contributed by atoms with Crippen LogP contribution in [0.3, 0.4) is 0 Å². The normalized spacial score (nSPS) is 16.5. The number of hydrogen-bond acceptors (Lipinski definition) is 4. The van der Waals surface area contributed by atoms with Gasteiger partial charge in [-0.2, -0.15) is 0 Å². The number of nitrogens with zero attached hydrogens (tertiary/aromatic N) is 3. The summed E-state index contributed by atoms with van der Waals surface area (Å²) in [6.45, 7) is 7.63. The van der Waals surface area contributed by atoms with E-state index in [1.165, 1.54) is 5.56 Å². The summed E-state index contributed by atoms with van der Waals surface area (Å²) in [6.07, 6.45) is 2.74. The van der Waals surface area contributed by atoms with E-state index in [2.05, 4.69) is 41.2 Å². The topological polar surface area (TPSA) is 60.3 Å². The van der Waals surface area contributed by atoms with Crippen LogP contribution in [-0.4, -0.2) is 73.9 Å². The van der Waals surface area contributed by atoms with Crippen LogP contribution < -0.4 is 10.1 Å². The van der Waals surface area contributed by atoms with Crippen molar-refractivity contribution >= 4 is 5.96 Å². The van der Waals surface area contributed by atoms with Crippen molar-refractivity contribution in [3.63, 3.8) is 0 Å². The van der Waals surface area contributed by atoms with E-state index in [0.717, 1.165) is 70.2 Å². The van der Waals surface area contributed by atoms with E-state index < -0.39 is 0 Å². The maximum absolute atomic E-state index is 9.57. The van der Waals surface area contributed by atoms with Crippen LogP contribution in [0.1, 0.15) is 31.7 Å². The molecule has 1 aromatic carbocycles. The summed E-state index contributed by atoms with van der Waals surface area (Å²) in [7, 11) is 3.75. The number of benzene rings is 1. The van der Waals surface area contributed by atoms with Crippen molar-refractivity contribution < 1.29 is 9.84 Å². The van der Waals surface area contributed by atoms with Crippen LogP contribution >= 0.6 is 0 Å². The highest BCUT2D eigenvalue weighted by molar-refractivity contribution is 5.79. The van der Waals surface area contributed by atoms with Gasteiger partial charge in [0.1, 0.15) is 5.75 Å². The van der Waals surface area contributed by atoms with E-state index in [1.54, 1.807) is 7.11 Å². The lowest BCUT2D eigenvalue weighted by molar-refractivity contribution is 0.0824. The van der Waals surface area contributed by atoms with Crippen LogP contribution in [0.25, 0.3) is 0 Å². The Balaban J connectivity index is 1.80. The minimum atomic E-state index is -0.101. The average Bonchev–Trinajstić information content (AvgIpc) is 2.66. The van der Waals surface area contributed by atoms with Gasteiger partial charge in [-0.3, -0.25) is 4.99 Å². The molecule has 0 saturated carbocycles. The number of piperidine rings is 1. The minimum Gasteiger partial charge on any atom is -0.497 e. The maximum atomic E-state index is 9.57. The fourth-order valence-corrected chi connectivity index (χ4v) is 3.17. The summed E-state index contributed by atoms with van der Waals surface area (Å²) in [5.74, 6) is 1.82. The lowest BCUT2D eigenvalue weighted by Gasteiger charge is -2.29. The Kier molecular flexibility index (Phi) is 8.71. The molecule has 6 heteroatoms. The van der Waals surface area contributed by atoms with Crippen LogP contribution in [0.2, 0.25) is 0 Å². The molecular formula is C20H34N4O2. The van der Waals surface area contributed by atoms with E-state index in [4.69, 9.17) is 9.73 Å². The molecule has 0 spiro atoms. The van der Waals surface area contributed by atoms with E-state index in [0.29, 0.717) is 0 Å². The lowest BCUT2D eigenvalue weighted by Crippen LogP contribution is -2.39. The molecule has 0 atom stereocenters. The molecule has 26 heavy (non-hydrogen) atoms. The van der Waals surface area contributed by atoms with Gasteiger partial charge in [0.25, 0.3) is 0 Å². The summed E-state index contributed by atoms with van der Waals surface area (Å²) in [5.41, 5.74) is 1.23. The molecule has 2 N–H and O–H groups in total. The highest BCUT2D eigenvalue weighted by atomic mass is 16.5. The predicted molar refractivity (Wildman–Crippen MR) is 107 cm³/mol. The average molecular weight is 363 g/mol. The van der Waals surface area contributed by atoms with Gasteiger partial charge < -0.3 is 25.0 Å². The number of aliphatic hydroxyl groups excluding tert-OH is 1. The Morgan fingerprint density at radius 2 is 2.00 bits per heavy atom. The van der Waals surface area contributed by atoms with Crippen molar-refractivity contribution in [3.8, 4) is 5.75 Å². The monoisotopic (exact) mass is 362 g/mol. The largest absolute Gasteiger partial charge is 0.497 e. The summed E-state index contributed by atoms with van der Waals surface area (Å²) in [6, 6.07) is 8.15. The summed E-state index contributed by atoms with van der Waals surface area (Å²) in [5, 5.41) is 12.9. The summed E-state index contributed by atoms with van der Waals surface area (Å²) < 4.78 is 5.21. The molecule has 1 aromatic rings.